The van der Waals surface area contributed by atoms with Gasteiger partial charge in [0.15, 0.2) is 5.69 Å². The van der Waals surface area contributed by atoms with Gasteiger partial charge >= 0.3 is 12.0 Å². The highest BCUT2D eigenvalue weighted by atomic mass is 19.1. The molecule has 0 radical (unpaired) electrons. The van der Waals surface area contributed by atoms with Crippen molar-refractivity contribution in [2.75, 3.05) is 11.9 Å². The second-order valence-corrected chi connectivity index (χ2v) is 7.93. The van der Waals surface area contributed by atoms with E-state index >= 15 is 0 Å². The highest BCUT2D eigenvalue weighted by Crippen LogP contribution is 2.30. The molecule has 0 saturated heterocycles. The number of halogens is 3. The van der Waals surface area contributed by atoms with Crippen molar-refractivity contribution in [2.45, 2.75) is 26.3 Å². The van der Waals surface area contributed by atoms with Crippen molar-refractivity contribution in [3.05, 3.63) is 81.5 Å². The molecule has 0 spiro atoms. The van der Waals surface area contributed by atoms with Crippen LogP contribution in [0.5, 0.6) is 5.75 Å². The lowest BCUT2D eigenvalue weighted by molar-refractivity contribution is -0.143. The van der Waals surface area contributed by atoms with E-state index in [-0.39, 0.29) is 23.3 Å². The number of amides is 2. The molecular weight excluding hydrogens is 479 g/mol. The van der Waals surface area contributed by atoms with Gasteiger partial charge in [-0.25, -0.2) is 18.0 Å². The van der Waals surface area contributed by atoms with E-state index in [1.165, 1.54) is 35.9 Å². The standard InChI is InChI=1S/C25H24F3N3O5/c1-4-36-22(33)12-20(29-25(35)30-23-21(32)9-13(2)31(3)24(23)34)17-10-14(5-8-18(17)27)16-7-6-15(26)11-19(16)28/h5-11,20,32H,4,12H2,1-3H3,(H2,29,30,35)/t20-/m0/s1. The molecule has 1 aromatic heterocycles. The van der Waals surface area contributed by atoms with Crippen LogP contribution < -0.4 is 16.2 Å². The van der Waals surface area contributed by atoms with Gasteiger partial charge in [-0.2, -0.15) is 0 Å². The average molecular weight is 503 g/mol. The van der Waals surface area contributed by atoms with Crippen LogP contribution in [0.15, 0.2) is 47.3 Å². The minimum absolute atomic E-state index is 0.0231. The summed E-state index contributed by atoms with van der Waals surface area (Å²) in [5, 5.41) is 14.7. The number of carbonyl (C=O) groups is 2. The van der Waals surface area contributed by atoms with Crippen molar-refractivity contribution < 1.29 is 32.6 Å². The van der Waals surface area contributed by atoms with E-state index in [4.69, 9.17) is 4.74 Å². The van der Waals surface area contributed by atoms with E-state index in [1.54, 1.807) is 13.8 Å². The van der Waals surface area contributed by atoms with Gasteiger partial charge in [0.05, 0.1) is 19.1 Å². The van der Waals surface area contributed by atoms with Gasteiger partial charge in [0.2, 0.25) is 0 Å². The summed E-state index contributed by atoms with van der Waals surface area (Å²) in [6.45, 7) is 3.19. The Morgan fingerprint density at radius 2 is 1.81 bits per heavy atom. The molecule has 2 amide bonds. The largest absolute Gasteiger partial charge is 0.505 e. The number of aromatic nitrogens is 1. The second-order valence-electron chi connectivity index (χ2n) is 7.93. The highest BCUT2D eigenvalue weighted by Gasteiger charge is 2.24. The van der Waals surface area contributed by atoms with Gasteiger partial charge in [-0.15, -0.1) is 0 Å². The second kappa shape index (κ2) is 11.0. The monoisotopic (exact) mass is 503 g/mol. The Hall–Kier alpha value is -4.28. The number of nitrogens with zero attached hydrogens (tertiary/aromatic N) is 1. The predicted octanol–water partition coefficient (Wildman–Crippen LogP) is 4.30. The summed E-state index contributed by atoms with van der Waals surface area (Å²) in [6, 6.07) is 5.36. The lowest BCUT2D eigenvalue weighted by Gasteiger charge is -2.21. The Morgan fingerprint density at radius 1 is 1.08 bits per heavy atom. The highest BCUT2D eigenvalue weighted by molar-refractivity contribution is 5.91. The summed E-state index contributed by atoms with van der Waals surface area (Å²) in [5.41, 5.74) is -0.700. The SMILES string of the molecule is CCOC(=O)C[C@H](NC(=O)Nc1c(O)cc(C)n(C)c1=O)c1cc(-c2ccc(F)cc2F)ccc1F. The third-order valence-electron chi connectivity index (χ3n) is 5.48. The molecule has 36 heavy (non-hydrogen) atoms. The van der Waals surface area contributed by atoms with Crippen molar-refractivity contribution in [1.82, 2.24) is 9.88 Å². The van der Waals surface area contributed by atoms with E-state index in [2.05, 4.69) is 10.6 Å². The van der Waals surface area contributed by atoms with Gasteiger partial charge in [-0.3, -0.25) is 9.59 Å². The molecule has 0 aliphatic carbocycles. The zero-order valence-corrected chi connectivity index (χ0v) is 19.7. The lowest BCUT2D eigenvalue weighted by atomic mass is 9.97. The van der Waals surface area contributed by atoms with Gasteiger partial charge in [-0.05, 0) is 43.7 Å². The van der Waals surface area contributed by atoms with Crippen LogP contribution >= 0.6 is 0 Å². The van der Waals surface area contributed by atoms with E-state index in [1.807, 2.05) is 0 Å². The van der Waals surface area contributed by atoms with Crippen LogP contribution in [0.2, 0.25) is 0 Å². The van der Waals surface area contributed by atoms with E-state index < -0.39 is 58.9 Å². The fourth-order valence-electron chi connectivity index (χ4n) is 3.56. The van der Waals surface area contributed by atoms with Crippen LogP contribution in [0.4, 0.5) is 23.7 Å². The molecule has 0 aliphatic rings. The van der Waals surface area contributed by atoms with Crippen LogP contribution in [0.3, 0.4) is 0 Å². The molecule has 3 aromatic rings. The van der Waals surface area contributed by atoms with Crippen LogP contribution in [-0.4, -0.2) is 28.3 Å². The molecule has 3 rings (SSSR count). The van der Waals surface area contributed by atoms with Crippen molar-refractivity contribution in [2.24, 2.45) is 7.05 Å². The Morgan fingerprint density at radius 3 is 2.47 bits per heavy atom. The molecule has 1 heterocycles. The summed E-state index contributed by atoms with van der Waals surface area (Å²) in [7, 11) is 1.44. The first-order valence-electron chi connectivity index (χ1n) is 10.9. The molecule has 0 unspecified atom stereocenters. The Kier molecular flexibility index (Phi) is 8.03. The third kappa shape index (κ3) is 5.85. The number of aromatic hydroxyl groups is 1. The summed E-state index contributed by atoms with van der Waals surface area (Å²) in [4.78, 5) is 37.4. The fraction of sp³-hybridized carbons (Fsp3) is 0.240. The van der Waals surface area contributed by atoms with Crippen molar-refractivity contribution in [3.8, 4) is 16.9 Å². The lowest BCUT2D eigenvalue weighted by Crippen LogP contribution is -2.36. The molecule has 3 N–H and O–H groups in total. The minimum atomic E-state index is -1.30. The van der Waals surface area contributed by atoms with E-state index in [0.717, 1.165) is 12.1 Å². The van der Waals surface area contributed by atoms with Crippen molar-refractivity contribution >= 4 is 17.7 Å². The molecule has 0 fully saturated rings. The van der Waals surface area contributed by atoms with Crippen LogP contribution in [0, 0.1) is 24.4 Å². The molecule has 1 atom stereocenters. The smallest absolute Gasteiger partial charge is 0.319 e. The summed E-state index contributed by atoms with van der Waals surface area (Å²) >= 11 is 0. The first kappa shape index (κ1) is 26.3. The predicted molar refractivity (Wildman–Crippen MR) is 126 cm³/mol. The number of pyridine rings is 1. The molecule has 0 bridgehead atoms. The zero-order chi connectivity index (χ0) is 26.6. The summed E-state index contributed by atoms with van der Waals surface area (Å²) in [5.74, 6) is -3.72. The average Bonchev–Trinajstić information content (AvgIpc) is 2.81. The van der Waals surface area contributed by atoms with Crippen LogP contribution in [-0.2, 0) is 16.6 Å². The Bertz CT molecular complexity index is 1370. The molecule has 190 valence electrons. The van der Waals surface area contributed by atoms with Crippen LogP contribution in [0.1, 0.15) is 30.6 Å². The number of benzene rings is 2. The minimum Gasteiger partial charge on any atom is -0.505 e. The topological polar surface area (TPSA) is 110 Å². The number of aryl methyl sites for hydroxylation is 1. The molecule has 11 heteroatoms. The normalized spacial score (nSPS) is 11.6. The summed E-state index contributed by atoms with van der Waals surface area (Å²) < 4.78 is 48.6. The number of esters is 1. The number of urea groups is 1. The maximum atomic E-state index is 14.9. The number of hydrogen-bond acceptors (Lipinski definition) is 5. The van der Waals surface area contributed by atoms with Gasteiger partial charge in [0.25, 0.3) is 5.56 Å². The van der Waals surface area contributed by atoms with Gasteiger partial charge < -0.3 is 25.0 Å². The first-order chi connectivity index (χ1) is 17.0. The molecular formula is C25H24F3N3O5. The zero-order valence-electron chi connectivity index (χ0n) is 19.7. The van der Waals surface area contributed by atoms with E-state index in [0.29, 0.717) is 11.8 Å². The number of nitrogens with one attached hydrogen (secondary N) is 2. The maximum Gasteiger partial charge on any atom is 0.319 e. The van der Waals surface area contributed by atoms with Gasteiger partial charge in [0.1, 0.15) is 23.2 Å². The quantitative estimate of drug-likeness (QED) is 0.417. The van der Waals surface area contributed by atoms with Gasteiger partial charge in [-0.1, -0.05) is 6.07 Å². The van der Waals surface area contributed by atoms with Gasteiger partial charge in [0, 0.05) is 36.0 Å². The maximum absolute atomic E-state index is 14.9. The number of ether oxygens (including phenoxy) is 1. The van der Waals surface area contributed by atoms with Crippen molar-refractivity contribution in [3.63, 3.8) is 0 Å². The third-order valence-corrected chi connectivity index (χ3v) is 5.48. The fourth-order valence-corrected chi connectivity index (χ4v) is 3.56. The van der Waals surface area contributed by atoms with Crippen molar-refractivity contribution in [1.29, 1.82) is 0 Å². The van der Waals surface area contributed by atoms with E-state index in [9.17, 15) is 32.7 Å². The molecule has 0 saturated carbocycles. The molecule has 0 aliphatic heterocycles. The first-order valence-corrected chi connectivity index (χ1v) is 10.9. The molecule has 2 aromatic carbocycles. The number of carbonyl (C=O) groups excluding carboxylic acids is 2. The molecule has 8 nitrogen and oxygen atoms in total. The van der Waals surface area contributed by atoms with Crippen LogP contribution in [0.25, 0.3) is 11.1 Å². The number of anilines is 1. The Balaban J connectivity index is 1.97. The summed E-state index contributed by atoms with van der Waals surface area (Å²) in [6.07, 6.45) is -0.495. The number of hydrogen-bond donors (Lipinski definition) is 3. The number of rotatable bonds is 7. The Labute approximate surface area is 204 Å².